The molecule has 17 heavy (non-hydrogen) atoms. The number of rotatable bonds is 4. The lowest BCUT2D eigenvalue weighted by Crippen LogP contribution is -2.11. The molecule has 0 unspecified atom stereocenters. The smallest absolute Gasteiger partial charge is 0.0109 e. The maximum atomic E-state index is 2.28. The fourth-order valence-corrected chi connectivity index (χ4v) is 1.19. The minimum absolute atomic E-state index is 0.298. The molecule has 0 fully saturated rings. The molecule has 0 nitrogen and oxygen atoms in total. The van der Waals surface area contributed by atoms with Crippen molar-refractivity contribution in [2.24, 2.45) is 5.41 Å². The summed E-state index contributed by atoms with van der Waals surface area (Å²) in [4.78, 5) is 0. The first-order chi connectivity index (χ1) is 8.08. The van der Waals surface area contributed by atoms with Crippen molar-refractivity contribution >= 4 is 0 Å². The Balaban J connectivity index is -0.000000439. The molecule has 0 radical (unpaired) electrons. The molecule has 0 aliphatic carbocycles. The SMILES string of the molecule is CC.CC.C\C=C/C=C\C(=C/C)C(C)(C)CC. The van der Waals surface area contributed by atoms with Crippen LogP contribution in [0.15, 0.2) is 36.0 Å². The van der Waals surface area contributed by atoms with Crippen molar-refractivity contribution in [3.05, 3.63) is 36.0 Å². The van der Waals surface area contributed by atoms with Gasteiger partial charge in [-0.15, -0.1) is 0 Å². The monoisotopic (exact) mass is 238 g/mol. The Labute approximate surface area is 111 Å². The van der Waals surface area contributed by atoms with Crippen molar-refractivity contribution in [3.63, 3.8) is 0 Å². The van der Waals surface area contributed by atoms with Gasteiger partial charge in [0.05, 0.1) is 0 Å². The second kappa shape index (κ2) is 15.2. The van der Waals surface area contributed by atoms with Crippen LogP contribution >= 0.6 is 0 Å². The second-order valence-electron chi connectivity index (χ2n) is 3.87. The van der Waals surface area contributed by atoms with Crippen LogP contribution in [0.3, 0.4) is 0 Å². The predicted molar refractivity (Wildman–Crippen MR) is 84.5 cm³/mol. The van der Waals surface area contributed by atoms with Crippen molar-refractivity contribution in [3.8, 4) is 0 Å². The molecule has 0 aliphatic rings. The van der Waals surface area contributed by atoms with Crippen molar-refractivity contribution in [1.29, 1.82) is 0 Å². The first-order valence-electron chi connectivity index (χ1n) is 7.04. The lowest BCUT2D eigenvalue weighted by Gasteiger charge is -2.24. The van der Waals surface area contributed by atoms with Gasteiger partial charge in [0, 0.05) is 0 Å². The quantitative estimate of drug-likeness (QED) is 0.487. The van der Waals surface area contributed by atoms with Crippen LogP contribution in [0, 0.1) is 5.41 Å². The first kappa shape index (κ1) is 21.5. The fourth-order valence-electron chi connectivity index (χ4n) is 1.19. The van der Waals surface area contributed by atoms with E-state index in [1.165, 1.54) is 12.0 Å². The molecular formula is C17H34. The lowest BCUT2D eigenvalue weighted by molar-refractivity contribution is 0.439. The summed E-state index contributed by atoms with van der Waals surface area (Å²) in [5.74, 6) is 0. The average Bonchev–Trinajstić information content (AvgIpc) is 2.39. The maximum Gasteiger partial charge on any atom is -0.0109 e. The van der Waals surface area contributed by atoms with Gasteiger partial charge in [0.1, 0.15) is 0 Å². The van der Waals surface area contributed by atoms with Crippen LogP contribution in [0.25, 0.3) is 0 Å². The van der Waals surface area contributed by atoms with E-state index in [0.717, 1.165) is 0 Å². The van der Waals surface area contributed by atoms with E-state index < -0.39 is 0 Å². The van der Waals surface area contributed by atoms with E-state index in [4.69, 9.17) is 0 Å². The van der Waals surface area contributed by atoms with Gasteiger partial charge >= 0.3 is 0 Å². The molecule has 0 saturated carbocycles. The van der Waals surface area contributed by atoms with Crippen LogP contribution in [0.2, 0.25) is 0 Å². The fraction of sp³-hybridized carbons (Fsp3) is 0.647. The van der Waals surface area contributed by atoms with E-state index in [0.29, 0.717) is 5.41 Å². The third-order valence-corrected chi connectivity index (χ3v) is 2.56. The van der Waals surface area contributed by atoms with Crippen molar-refractivity contribution < 1.29 is 0 Å². The molecule has 0 saturated heterocycles. The van der Waals surface area contributed by atoms with E-state index in [9.17, 15) is 0 Å². The summed E-state index contributed by atoms with van der Waals surface area (Å²) in [5.41, 5.74) is 1.71. The molecule has 0 amide bonds. The third-order valence-electron chi connectivity index (χ3n) is 2.56. The minimum atomic E-state index is 0.298. The minimum Gasteiger partial charge on any atom is -0.0877 e. The summed E-state index contributed by atoms with van der Waals surface area (Å²) >= 11 is 0. The van der Waals surface area contributed by atoms with Crippen molar-refractivity contribution in [1.82, 2.24) is 0 Å². The topological polar surface area (TPSA) is 0 Å². The largest absolute Gasteiger partial charge is 0.0877 e. The Bertz CT molecular complexity index is 214. The average molecular weight is 238 g/mol. The highest BCUT2D eigenvalue weighted by Gasteiger charge is 2.17. The molecule has 0 aromatic heterocycles. The highest BCUT2D eigenvalue weighted by molar-refractivity contribution is 5.27. The molecule has 0 bridgehead atoms. The van der Waals surface area contributed by atoms with Crippen LogP contribution in [0.4, 0.5) is 0 Å². The van der Waals surface area contributed by atoms with Gasteiger partial charge in [0.2, 0.25) is 0 Å². The molecular weight excluding hydrogens is 204 g/mol. The summed E-state index contributed by atoms with van der Waals surface area (Å²) in [5, 5.41) is 0. The molecule has 0 heterocycles. The van der Waals surface area contributed by atoms with E-state index in [2.05, 4.69) is 52.0 Å². The zero-order valence-corrected chi connectivity index (χ0v) is 13.6. The zero-order chi connectivity index (χ0) is 14.3. The Hall–Kier alpha value is -0.780. The molecule has 0 aliphatic heterocycles. The molecule has 0 aromatic rings. The van der Waals surface area contributed by atoms with Crippen molar-refractivity contribution in [2.75, 3.05) is 0 Å². The van der Waals surface area contributed by atoms with Gasteiger partial charge in [0.25, 0.3) is 0 Å². The zero-order valence-electron chi connectivity index (χ0n) is 13.6. The lowest BCUT2D eigenvalue weighted by atomic mass is 9.81. The van der Waals surface area contributed by atoms with Gasteiger partial charge in [0.15, 0.2) is 0 Å². The Morgan fingerprint density at radius 1 is 0.941 bits per heavy atom. The van der Waals surface area contributed by atoms with Crippen LogP contribution in [-0.4, -0.2) is 0 Å². The Morgan fingerprint density at radius 2 is 1.41 bits per heavy atom. The molecule has 0 N–H and O–H groups in total. The van der Waals surface area contributed by atoms with Crippen molar-refractivity contribution in [2.45, 2.75) is 68.7 Å². The standard InChI is InChI=1S/C13H22.2C2H6/c1-6-9-10-11-12(7-2)13(4,5)8-3;2*1-2/h6-7,9-11H,8H2,1-5H3;2*1-2H3/b9-6-,11-10-,12-7+;;. The number of hydrogen-bond donors (Lipinski definition) is 0. The normalized spacial score (nSPS) is 11.9. The maximum absolute atomic E-state index is 2.28. The van der Waals surface area contributed by atoms with Gasteiger partial charge in [-0.3, -0.25) is 0 Å². The highest BCUT2D eigenvalue weighted by atomic mass is 14.2. The van der Waals surface area contributed by atoms with E-state index in [-0.39, 0.29) is 0 Å². The summed E-state index contributed by atoms with van der Waals surface area (Å²) < 4.78 is 0. The third kappa shape index (κ3) is 11.5. The van der Waals surface area contributed by atoms with Gasteiger partial charge in [-0.25, -0.2) is 0 Å². The summed E-state index contributed by atoms with van der Waals surface area (Å²) in [6, 6.07) is 0. The molecule has 0 rings (SSSR count). The summed E-state index contributed by atoms with van der Waals surface area (Å²) in [6.07, 6.45) is 11.8. The van der Waals surface area contributed by atoms with Gasteiger partial charge in [-0.2, -0.15) is 0 Å². The predicted octanol–water partition coefficient (Wildman–Crippen LogP) is 6.55. The van der Waals surface area contributed by atoms with Gasteiger partial charge in [-0.1, -0.05) is 78.8 Å². The van der Waals surface area contributed by atoms with E-state index in [1.807, 2.05) is 40.7 Å². The summed E-state index contributed by atoms with van der Waals surface area (Å²) in [6.45, 7) is 18.9. The highest BCUT2D eigenvalue weighted by Crippen LogP contribution is 2.30. The molecule has 0 heteroatoms. The molecule has 102 valence electrons. The van der Waals surface area contributed by atoms with Gasteiger partial charge < -0.3 is 0 Å². The van der Waals surface area contributed by atoms with Crippen LogP contribution in [-0.2, 0) is 0 Å². The molecule has 0 spiro atoms. The molecule has 0 atom stereocenters. The van der Waals surface area contributed by atoms with E-state index >= 15 is 0 Å². The Morgan fingerprint density at radius 3 is 1.71 bits per heavy atom. The summed E-state index contributed by atoms with van der Waals surface area (Å²) in [7, 11) is 0. The number of allylic oxidation sites excluding steroid dienone is 6. The second-order valence-corrected chi connectivity index (χ2v) is 3.87. The number of hydrogen-bond acceptors (Lipinski definition) is 0. The van der Waals surface area contributed by atoms with Crippen LogP contribution < -0.4 is 0 Å². The first-order valence-corrected chi connectivity index (χ1v) is 7.04. The van der Waals surface area contributed by atoms with Gasteiger partial charge in [-0.05, 0) is 31.3 Å². The van der Waals surface area contributed by atoms with Crippen LogP contribution in [0.5, 0.6) is 0 Å². The van der Waals surface area contributed by atoms with E-state index in [1.54, 1.807) is 0 Å². The Kier molecular flexibility index (Phi) is 19.2. The van der Waals surface area contributed by atoms with Crippen LogP contribution in [0.1, 0.15) is 68.7 Å². The molecule has 0 aromatic carbocycles.